The third-order valence-corrected chi connectivity index (χ3v) is 22.3. The Bertz CT molecular complexity index is 5800. The summed E-state index contributed by atoms with van der Waals surface area (Å²) in [5, 5.41) is 10.2. The van der Waals surface area contributed by atoms with Crippen molar-refractivity contribution in [1.29, 1.82) is 0 Å². The molecule has 0 N–H and O–H groups in total. The average molecular weight is 1340 g/mol. The minimum Gasteiger partial charge on any atom is -0.208 e. The van der Waals surface area contributed by atoms with E-state index in [9.17, 15) is 0 Å². The zero-order valence-electron chi connectivity index (χ0n) is 49.9. The van der Waals surface area contributed by atoms with Crippen molar-refractivity contribution in [2.75, 3.05) is 0 Å². The fraction of sp³-hybridized carbons (Fsp3) is 0.0385. The van der Waals surface area contributed by atoms with Crippen molar-refractivity contribution >= 4 is 161 Å². The molecule has 0 fully saturated rings. The number of fused-ring (bicyclic) bond motifs is 15. The molecule has 7 heterocycles. The third-order valence-electron chi connectivity index (χ3n) is 17.3. The number of aromatic nitrogens is 9. The summed E-state index contributed by atoms with van der Waals surface area (Å²) in [6.45, 7) is 4.52. The Hall–Kier alpha value is -9.80. The summed E-state index contributed by atoms with van der Waals surface area (Å²) in [5.74, 6) is 3.52. The van der Waals surface area contributed by atoms with Crippen LogP contribution in [0.1, 0.15) is 25.0 Å². The number of thiophene rings is 4. The summed E-state index contributed by atoms with van der Waals surface area (Å²) in [5.41, 5.74) is 10.8. The van der Waals surface area contributed by atoms with Gasteiger partial charge in [-0.1, -0.05) is 178 Å². The lowest BCUT2D eigenvalue weighted by Gasteiger charge is -2.21. The molecule has 9 nitrogen and oxygen atoms in total. The lowest BCUT2D eigenvalue weighted by molar-refractivity contribution is 0.660. The molecular weight excluding hydrogens is 1300 g/mol. The molecule has 0 saturated heterocycles. The van der Waals surface area contributed by atoms with Crippen LogP contribution >= 0.6 is 80.1 Å². The highest BCUT2D eigenvalue weighted by molar-refractivity contribution is 7.27. The first-order valence-electron chi connectivity index (χ1n) is 30.2. The van der Waals surface area contributed by atoms with E-state index in [2.05, 4.69) is 261 Å². The molecule has 448 valence electrons. The number of hydrogen-bond acceptors (Lipinski definition) is 13. The Kier molecular flexibility index (Phi) is 14.6. The average Bonchev–Trinajstić information content (AvgIpc) is 1.58. The molecule has 0 aliphatic heterocycles. The number of nitrogens with zero attached hydrogens (tertiary/aromatic N) is 9. The molecule has 0 amide bonds. The monoisotopic (exact) mass is 1340 g/mol. The van der Waals surface area contributed by atoms with Crippen LogP contribution in [0.4, 0.5) is 0 Å². The molecule has 7 aromatic heterocycles. The fourth-order valence-electron chi connectivity index (χ4n) is 12.9. The van der Waals surface area contributed by atoms with Crippen LogP contribution < -0.4 is 0 Å². The van der Waals surface area contributed by atoms with Crippen LogP contribution in [-0.4, -0.2) is 44.9 Å². The van der Waals surface area contributed by atoms with Crippen LogP contribution in [0, 0.1) is 0 Å². The summed E-state index contributed by atoms with van der Waals surface area (Å²) in [7, 11) is 0. The van der Waals surface area contributed by atoms with Gasteiger partial charge in [-0.05, 0) is 136 Å². The largest absolute Gasteiger partial charge is 0.226 e. The molecule has 19 rings (SSSR count). The predicted molar refractivity (Wildman–Crippen MR) is 396 cm³/mol. The first-order valence-corrected chi connectivity index (χ1v) is 34.6. The predicted octanol–water partition coefficient (Wildman–Crippen LogP) is 23.4. The summed E-state index contributed by atoms with van der Waals surface area (Å²) in [4.78, 5) is 41.2. The lowest BCUT2D eigenvalue weighted by Crippen LogP contribution is -2.15. The zero-order chi connectivity index (χ0) is 63.2. The second kappa shape index (κ2) is 23.6. The maximum absolute atomic E-state index is 6.48. The van der Waals surface area contributed by atoms with E-state index in [0.29, 0.717) is 34.9 Å². The summed E-state index contributed by atoms with van der Waals surface area (Å²) < 4.78 is 9.94. The maximum Gasteiger partial charge on any atom is 0.226 e. The second-order valence-electron chi connectivity index (χ2n) is 23.2. The highest BCUT2D eigenvalue weighted by atomic mass is 35.5. The Morgan fingerprint density at radius 2 is 0.585 bits per heavy atom. The van der Waals surface area contributed by atoms with Crippen LogP contribution in [0.2, 0.25) is 15.9 Å². The summed E-state index contributed by atoms with van der Waals surface area (Å²) in [6.07, 6.45) is 0. The topological polar surface area (TPSA) is 116 Å². The fourth-order valence-corrected chi connectivity index (χ4v) is 17.8. The molecule has 0 spiro atoms. The molecule has 11 aromatic carbocycles. The Morgan fingerprint density at radius 1 is 0.245 bits per heavy atom. The van der Waals surface area contributed by atoms with E-state index in [4.69, 9.17) is 44.8 Å². The zero-order valence-corrected chi connectivity index (χ0v) is 55.4. The normalized spacial score (nSPS) is 12.4. The molecule has 16 heteroatoms. The molecule has 94 heavy (non-hydrogen) atoms. The van der Waals surface area contributed by atoms with Gasteiger partial charge in [0.25, 0.3) is 0 Å². The van der Waals surface area contributed by atoms with Gasteiger partial charge < -0.3 is 0 Å². The van der Waals surface area contributed by atoms with E-state index in [1.807, 2.05) is 30.3 Å². The Labute approximate surface area is 569 Å². The van der Waals surface area contributed by atoms with Gasteiger partial charge >= 0.3 is 0 Å². The van der Waals surface area contributed by atoms with Gasteiger partial charge in [0.2, 0.25) is 15.9 Å². The standard InChI is InChI=1S/2C27H14ClN3S2.C24H18ClN3/c28-27-30-25(17-9-5-13-21-23(17)15-7-1-3-11-19(15)32-21)29-26(31-27)18-10-6-14-22-24(18)16-8-2-4-12-20(16)33-22;28-27-30-25(15-9-11-23-19(13-15)17-5-1-3-7-21(17)32-23)29-26(31-27)16-10-12-24-20(14-16)18-6-2-4-8-22(18)33-24;1-24(2)19-11-7-6-10-17(19)18-13-12-16(14-20(18)24)22-26-21(27-23(25)28-22)15-8-4-3-5-9-15/h2*1-14H;3-14H,1-2H3. The SMILES string of the molecule is CC1(C)c2ccccc2-c2ccc(-c3nc(Cl)nc(-c4ccccc4)n3)cc21.Clc1nc(-c2ccc3sc4ccccc4c3c2)nc(-c2ccc3sc4ccccc4c3c2)n1.Clc1nc(-c2cccc3sc4ccccc4c23)nc(-c2cccc3sc4ccccc4c23)n1. The van der Waals surface area contributed by atoms with E-state index in [1.54, 1.807) is 45.3 Å². The Morgan fingerprint density at radius 3 is 1.10 bits per heavy atom. The molecule has 0 radical (unpaired) electrons. The van der Waals surface area contributed by atoms with Crippen LogP contribution in [0.5, 0.6) is 0 Å². The van der Waals surface area contributed by atoms with Crippen LogP contribution in [0.15, 0.2) is 243 Å². The minimum absolute atomic E-state index is 0.0684. The highest BCUT2D eigenvalue weighted by Gasteiger charge is 2.35. The van der Waals surface area contributed by atoms with Crippen LogP contribution in [0.3, 0.4) is 0 Å². The lowest BCUT2D eigenvalue weighted by atomic mass is 9.82. The van der Waals surface area contributed by atoms with E-state index in [-0.39, 0.29) is 21.3 Å². The van der Waals surface area contributed by atoms with Crippen molar-refractivity contribution in [2.24, 2.45) is 0 Å². The van der Waals surface area contributed by atoms with Gasteiger partial charge in [0.05, 0.1) is 0 Å². The number of halogens is 3. The van der Waals surface area contributed by atoms with Crippen molar-refractivity contribution in [2.45, 2.75) is 19.3 Å². The summed E-state index contributed by atoms with van der Waals surface area (Å²) in [6, 6.07) is 83.9. The van der Waals surface area contributed by atoms with E-state index >= 15 is 0 Å². The van der Waals surface area contributed by atoms with Gasteiger partial charge in [-0.2, -0.15) is 29.9 Å². The van der Waals surface area contributed by atoms with Crippen LogP contribution in [-0.2, 0) is 5.41 Å². The Balaban J connectivity index is 0.000000108. The van der Waals surface area contributed by atoms with E-state index < -0.39 is 0 Å². The van der Waals surface area contributed by atoms with Crippen LogP contribution in [0.25, 0.3) is 160 Å². The summed E-state index contributed by atoms with van der Waals surface area (Å²) >= 11 is 26.2. The van der Waals surface area contributed by atoms with Gasteiger partial charge in [0.1, 0.15) is 0 Å². The molecule has 18 aromatic rings. The maximum atomic E-state index is 6.48. The molecule has 0 saturated carbocycles. The number of hydrogen-bond donors (Lipinski definition) is 0. The van der Waals surface area contributed by atoms with Crippen molar-refractivity contribution in [3.63, 3.8) is 0 Å². The van der Waals surface area contributed by atoms with Gasteiger partial charge in [-0.3, -0.25) is 0 Å². The van der Waals surface area contributed by atoms with Crippen molar-refractivity contribution < 1.29 is 0 Å². The van der Waals surface area contributed by atoms with Crippen molar-refractivity contribution in [1.82, 2.24) is 44.9 Å². The minimum atomic E-state index is -0.0684. The smallest absolute Gasteiger partial charge is 0.208 e. The number of benzene rings is 11. The molecule has 1 aliphatic carbocycles. The highest BCUT2D eigenvalue weighted by Crippen LogP contribution is 2.50. The van der Waals surface area contributed by atoms with E-state index in [1.165, 1.54) is 92.2 Å². The molecule has 0 atom stereocenters. The second-order valence-corrected chi connectivity index (χ2v) is 28.6. The van der Waals surface area contributed by atoms with Gasteiger partial charge in [0.15, 0.2) is 34.9 Å². The molecule has 0 unspecified atom stereocenters. The van der Waals surface area contributed by atoms with Crippen molar-refractivity contribution in [3.05, 3.63) is 270 Å². The molecule has 0 bridgehead atoms. The first kappa shape index (κ1) is 58.1. The third kappa shape index (κ3) is 10.4. The first-order chi connectivity index (χ1) is 46.0. The van der Waals surface area contributed by atoms with Crippen molar-refractivity contribution in [3.8, 4) is 79.5 Å². The van der Waals surface area contributed by atoms with Gasteiger partial charge in [-0.15, -0.1) is 45.3 Å². The number of rotatable bonds is 6. The van der Waals surface area contributed by atoms with Gasteiger partial charge in [-0.25, -0.2) is 15.0 Å². The molecule has 1 aliphatic rings. The van der Waals surface area contributed by atoms with Gasteiger partial charge in [0, 0.05) is 119 Å². The molecular formula is C78H46Cl3N9S4. The quantitative estimate of drug-likeness (QED) is 0.160. The van der Waals surface area contributed by atoms with E-state index in [0.717, 1.165) is 44.2 Å².